The number of fused-ring (bicyclic) bond motifs is 3. The van der Waals surface area contributed by atoms with Crippen LogP contribution in [0.15, 0.2) is 0 Å². The van der Waals surface area contributed by atoms with E-state index in [0.29, 0.717) is 5.92 Å². The molecule has 0 aromatic carbocycles. The van der Waals surface area contributed by atoms with Crippen molar-refractivity contribution in [3.8, 4) is 0 Å². The van der Waals surface area contributed by atoms with Crippen LogP contribution < -0.4 is 4.90 Å². The fourth-order valence-corrected chi connectivity index (χ4v) is 4.80. The molecule has 1 aliphatic carbocycles. The lowest BCUT2D eigenvalue weighted by atomic mass is 9.94. The number of anilines is 1. The minimum absolute atomic E-state index is 0.184. The summed E-state index contributed by atoms with van der Waals surface area (Å²) < 4.78 is 0. The van der Waals surface area contributed by atoms with Crippen molar-refractivity contribution in [3.05, 3.63) is 16.0 Å². The van der Waals surface area contributed by atoms with Crippen molar-refractivity contribution in [1.29, 1.82) is 0 Å². The van der Waals surface area contributed by atoms with Crippen LogP contribution in [0.1, 0.15) is 56.0 Å². The smallest absolute Gasteiger partial charge is 0.225 e. The molecule has 0 saturated carbocycles. The summed E-state index contributed by atoms with van der Waals surface area (Å²) in [5.74, 6) is 0.901. The molecule has 0 radical (unpaired) electrons. The number of carbonyl (C=O) groups is 1. The molecule has 1 amide bonds. The molecule has 0 N–H and O–H groups in total. The van der Waals surface area contributed by atoms with Gasteiger partial charge in [0, 0.05) is 30.5 Å². The molecule has 21 heavy (non-hydrogen) atoms. The Hall–Kier alpha value is -0.870. The van der Waals surface area contributed by atoms with Crippen molar-refractivity contribution >= 4 is 22.2 Å². The molecule has 0 bridgehead atoms. The predicted molar refractivity (Wildman–Crippen MR) is 88.9 cm³/mol. The van der Waals surface area contributed by atoms with Gasteiger partial charge in [-0.2, -0.15) is 0 Å². The van der Waals surface area contributed by atoms with Crippen molar-refractivity contribution in [2.75, 3.05) is 18.1 Å². The molecule has 2 aliphatic rings. The van der Waals surface area contributed by atoms with Crippen LogP contribution in [0.5, 0.6) is 0 Å². The van der Waals surface area contributed by atoms with Gasteiger partial charge >= 0.3 is 0 Å². The van der Waals surface area contributed by atoms with E-state index in [1.54, 1.807) is 17.4 Å². The van der Waals surface area contributed by atoms with Gasteiger partial charge in [0.1, 0.15) is 5.00 Å². The standard InChI is InChI=1S/C17H26N2OS/c1-12(2)8-9-18-10-15-14-6-4-5-7-16(14)21-17(15)19(11-18)13(3)20/h12H,4-11H2,1-3H3. The van der Waals surface area contributed by atoms with Crippen molar-refractivity contribution < 1.29 is 4.79 Å². The van der Waals surface area contributed by atoms with Crippen LogP contribution in [0.25, 0.3) is 0 Å². The molecule has 3 nitrogen and oxygen atoms in total. The van der Waals surface area contributed by atoms with E-state index in [4.69, 9.17) is 0 Å². The summed E-state index contributed by atoms with van der Waals surface area (Å²) in [7, 11) is 0. The third-order valence-corrected chi connectivity index (χ3v) is 5.99. The number of thiophene rings is 1. The van der Waals surface area contributed by atoms with Crippen molar-refractivity contribution in [2.45, 2.75) is 59.4 Å². The first-order valence-corrected chi connectivity index (χ1v) is 9.01. The fraction of sp³-hybridized carbons (Fsp3) is 0.706. The first-order chi connectivity index (χ1) is 10.1. The van der Waals surface area contributed by atoms with Gasteiger partial charge in [-0.25, -0.2) is 0 Å². The van der Waals surface area contributed by atoms with E-state index < -0.39 is 0 Å². The monoisotopic (exact) mass is 306 g/mol. The van der Waals surface area contributed by atoms with Crippen LogP contribution in [0.3, 0.4) is 0 Å². The third-order valence-electron chi connectivity index (χ3n) is 4.63. The Labute approximate surface area is 131 Å². The summed E-state index contributed by atoms with van der Waals surface area (Å²) in [6.07, 6.45) is 6.24. The number of rotatable bonds is 3. The SMILES string of the molecule is CC(=O)N1CN(CCC(C)C)Cc2c1sc1c2CCCC1. The largest absolute Gasteiger partial charge is 0.290 e. The fourth-order valence-electron chi connectivity index (χ4n) is 3.37. The normalized spacial score (nSPS) is 18.8. The van der Waals surface area contributed by atoms with E-state index in [0.717, 1.165) is 19.8 Å². The molecule has 0 saturated heterocycles. The van der Waals surface area contributed by atoms with Crippen LogP contribution in [-0.4, -0.2) is 24.0 Å². The Morgan fingerprint density at radius 1 is 1.24 bits per heavy atom. The van der Waals surface area contributed by atoms with Crippen LogP contribution in [0, 0.1) is 5.92 Å². The van der Waals surface area contributed by atoms with E-state index in [1.165, 1.54) is 42.7 Å². The second-order valence-electron chi connectivity index (χ2n) is 6.82. The molecule has 1 aromatic heterocycles. The lowest BCUT2D eigenvalue weighted by Gasteiger charge is -2.35. The number of carbonyl (C=O) groups excluding carboxylic acids is 1. The molecule has 0 atom stereocenters. The first-order valence-electron chi connectivity index (χ1n) is 8.20. The van der Waals surface area contributed by atoms with Crippen LogP contribution in [0.4, 0.5) is 5.00 Å². The Bertz CT molecular complexity index is 535. The lowest BCUT2D eigenvalue weighted by Crippen LogP contribution is -2.44. The third kappa shape index (κ3) is 3.02. The van der Waals surface area contributed by atoms with Gasteiger partial charge in [-0.05, 0) is 43.6 Å². The zero-order chi connectivity index (χ0) is 15.0. The van der Waals surface area contributed by atoms with E-state index >= 15 is 0 Å². The molecule has 3 rings (SSSR count). The van der Waals surface area contributed by atoms with Gasteiger partial charge in [-0.3, -0.25) is 14.6 Å². The van der Waals surface area contributed by atoms with Gasteiger partial charge in [0.15, 0.2) is 0 Å². The van der Waals surface area contributed by atoms with Gasteiger partial charge in [0.25, 0.3) is 0 Å². The minimum atomic E-state index is 0.184. The number of aryl methyl sites for hydroxylation is 1. The van der Waals surface area contributed by atoms with Gasteiger partial charge in [-0.1, -0.05) is 13.8 Å². The molecule has 4 heteroatoms. The molecule has 116 valence electrons. The summed E-state index contributed by atoms with van der Waals surface area (Å²) in [6.45, 7) is 9.14. The quantitative estimate of drug-likeness (QED) is 0.848. The summed E-state index contributed by atoms with van der Waals surface area (Å²) in [5, 5.41) is 1.25. The van der Waals surface area contributed by atoms with Gasteiger partial charge in [0.05, 0.1) is 6.67 Å². The molecular formula is C17H26N2OS. The zero-order valence-electron chi connectivity index (χ0n) is 13.4. The molecular weight excluding hydrogens is 280 g/mol. The highest BCUT2D eigenvalue weighted by Crippen LogP contribution is 2.43. The van der Waals surface area contributed by atoms with E-state index in [2.05, 4.69) is 18.7 Å². The molecule has 1 aliphatic heterocycles. The molecule has 0 spiro atoms. The van der Waals surface area contributed by atoms with Crippen LogP contribution in [0.2, 0.25) is 0 Å². The topological polar surface area (TPSA) is 23.6 Å². The molecule has 1 aromatic rings. The van der Waals surface area contributed by atoms with E-state index in [-0.39, 0.29) is 5.91 Å². The maximum absolute atomic E-state index is 12.1. The Morgan fingerprint density at radius 3 is 2.71 bits per heavy atom. The number of hydrogen-bond acceptors (Lipinski definition) is 3. The molecule has 0 unspecified atom stereocenters. The number of hydrogen-bond donors (Lipinski definition) is 0. The maximum Gasteiger partial charge on any atom is 0.225 e. The molecule has 0 fully saturated rings. The second-order valence-corrected chi connectivity index (χ2v) is 7.90. The lowest BCUT2D eigenvalue weighted by molar-refractivity contribution is -0.117. The second kappa shape index (κ2) is 6.09. The van der Waals surface area contributed by atoms with Crippen molar-refractivity contribution in [1.82, 2.24) is 4.90 Å². The highest BCUT2D eigenvalue weighted by molar-refractivity contribution is 7.16. The minimum Gasteiger partial charge on any atom is -0.290 e. The Kier molecular flexibility index (Phi) is 4.36. The van der Waals surface area contributed by atoms with Crippen LogP contribution >= 0.6 is 11.3 Å². The summed E-state index contributed by atoms with van der Waals surface area (Å²) in [4.78, 5) is 18.1. The van der Waals surface area contributed by atoms with E-state index in [1.807, 2.05) is 16.2 Å². The summed E-state index contributed by atoms with van der Waals surface area (Å²) in [5.41, 5.74) is 3.03. The zero-order valence-corrected chi connectivity index (χ0v) is 14.3. The number of nitrogens with zero attached hydrogens (tertiary/aromatic N) is 2. The maximum atomic E-state index is 12.1. The molecule has 2 heterocycles. The Balaban J connectivity index is 1.88. The average Bonchev–Trinajstić information content (AvgIpc) is 2.82. The van der Waals surface area contributed by atoms with Crippen molar-refractivity contribution in [3.63, 3.8) is 0 Å². The van der Waals surface area contributed by atoms with Gasteiger partial charge < -0.3 is 0 Å². The van der Waals surface area contributed by atoms with Crippen LogP contribution in [-0.2, 0) is 24.2 Å². The first kappa shape index (κ1) is 15.0. The highest BCUT2D eigenvalue weighted by atomic mass is 32.1. The number of amides is 1. The summed E-state index contributed by atoms with van der Waals surface area (Å²) >= 11 is 1.88. The van der Waals surface area contributed by atoms with Gasteiger partial charge in [-0.15, -0.1) is 11.3 Å². The predicted octanol–water partition coefficient (Wildman–Crippen LogP) is 3.80. The summed E-state index contributed by atoms with van der Waals surface area (Å²) in [6, 6.07) is 0. The Morgan fingerprint density at radius 2 is 2.00 bits per heavy atom. The van der Waals surface area contributed by atoms with Crippen molar-refractivity contribution in [2.24, 2.45) is 5.92 Å². The average molecular weight is 306 g/mol. The highest BCUT2D eigenvalue weighted by Gasteiger charge is 2.31. The van der Waals surface area contributed by atoms with Gasteiger partial charge in [0.2, 0.25) is 5.91 Å². The van der Waals surface area contributed by atoms with E-state index in [9.17, 15) is 4.79 Å².